The number of ether oxygens (including phenoxy) is 2. The van der Waals surface area contributed by atoms with E-state index in [-0.39, 0.29) is 17.7 Å². The number of methoxy groups -OCH3 is 1. The summed E-state index contributed by atoms with van der Waals surface area (Å²) in [5.41, 5.74) is -0.0356. The Morgan fingerprint density at radius 2 is 2.25 bits per heavy atom. The van der Waals surface area contributed by atoms with Gasteiger partial charge in [-0.05, 0) is 39.0 Å². The Bertz CT molecular complexity index is 235. The summed E-state index contributed by atoms with van der Waals surface area (Å²) in [5.74, 6) is 0.438. The van der Waals surface area contributed by atoms with Crippen molar-refractivity contribution in [3.63, 3.8) is 0 Å². The van der Waals surface area contributed by atoms with E-state index in [4.69, 9.17) is 9.47 Å². The van der Waals surface area contributed by atoms with Gasteiger partial charge in [-0.25, -0.2) is 0 Å². The molecule has 1 rings (SSSR count). The van der Waals surface area contributed by atoms with Crippen LogP contribution in [0.5, 0.6) is 0 Å². The Morgan fingerprint density at radius 1 is 1.56 bits per heavy atom. The Labute approximate surface area is 98.5 Å². The van der Waals surface area contributed by atoms with Gasteiger partial charge in [-0.15, -0.1) is 0 Å². The fraction of sp³-hybridized carbons (Fsp3) is 0.923. The highest BCUT2D eigenvalue weighted by molar-refractivity contribution is 5.71. The molecule has 1 aliphatic heterocycles. The van der Waals surface area contributed by atoms with Crippen molar-refractivity contribution in [1.29, 1.82) is 0 Å². The molecule has 2 unspecified atom stereocenters. The Morgan fingerprint density at radius 3 is 2.75 bits per heavy atom. The fourth-order valence-electron chi connectivity index (χ4n) is 2.09. The molecule has 0 aromatic carbocycles. The van der Waals surface area contributed by atoms with E-state index in [9.17, 15) is 4.79 Å². The quantitative estimate of drug-likeness (QED) is 0.656. The molecular weight excluding hydrogens is 204 g/mol. The van der Waals surface area contributed by atoms with Gasteiger partial charge < -0.3 is 9.47 Å². The standard InChI is InChI=1S/C13H24O3/c1-10(11-7-8-12(14)16-11)6-5-9-13(2,3)15-4/h10-11H,5-9H2,1-4H3. The van der Waals surface area contributed by atoms with Crippen LogP contribution < -0.4 is 0 Å². The molecule has 0 bridgehead atoms. The number of carbonyl (C=O) groups is 1. The number of hydrogen-bond acceptors (Lipinski definition) is 3. The average molecular weight is 228 g/mol. The highest BCUT2D eigenvalue weighted by Gasteiger charge is 2.28. The van der Waals surface area contributed by atoms with Crippen LogP contribution in [0.1, 0.15) is 52.9 Å². The van der Waals surface area contributed by atoms with Gasteiger partial charge in [0.15, 0.2) is 0 Å². The Balaban J connectivity index is 2.20. The van der Waals surface area contributed by atoms with Crippen LogP contribution in [0.2, 0.25) is 0 Å². The van der Waals surface area contributed by atoms with Gasteiger partial charge in [0.05, 0.1) is 5.60 Å². The van der Waals surface area contributed by atoms with Crippen molar-refractivity contribution >= 4 is 5.97 Å². The predicted octanol–water partition coefficient (Wildman–Crippen LogP) is 2.92. The third-order valence-corrected chi connectivity index (χ3v) is 3.54. The Hall–Kier alpha value is -0.570. The first kappa shape index (κ1) is 13.5. The summed E-state index contributed by atoms with van der Waals surface area (Å²) in [7, 11) is 1.75. The van der Waals surface area contributed by atoms with Gasteiger partial charge >= 0.3 is 5.97 Å². The zero-order valence-corrected chi connectivity index (χ0v) is 10.9. The lowest BCUT2D eigenvalue weighted by Gasteiger charge is -2.24. The average Bonchev–Trinajstić information content (AvgIpc) is 2.64. The molecule has 2 atom stereocenters. The number of hydrogen-bond donors (Lipinski definition) is 0. The van der Waals surface area contributed by atoms with Crippen LogP contribution >= 0.6 is 0 Å². The largest absolute Gasteiger partial charge is 0.462 e. The third-order valence-electron chi connectivity index (χ3n) is 3.54. The SMILES string of the molecule is COC(C)(C)CCCC(C)C1CCC(=O)O1. The first-order valence-electron chi connectivity index (χ1n) is 6.19. The molecule has 94 valence electrons. The van der Waals surface area contributed by atoms with Crippen molar-refractivity contribution < 1.29 is 14.3 Å². The van der Waals surface area contributed by atoms with Crippen molar-refractivity contribution in [2.24, 2.45) is 5.92 Å². The number of esters is 1. The maximum atomic E-state index is 11.0. The second-order valence-electron chi connectivity index (χ2n) is 5.40. The molecule has 0 radical (unpaired) electrons. The van der Waals surface area contributed by atoms with Crippen LogP contribution in [-0.4, -0.2) is 24.8 Å². The zero-order chi connectivity index (χ0) is 12.2. The molecule has 0 aliphatic carbocycles. The molecule has 1 heterocycles. The smallest absolute Gasteiger partial charge is 0.306 e. The molecule has 0 N–H and O–H groups in total. The number of cyclic esters (lactones) is 1. The van der Waals surface area contributed by atoms with Gasteiger partial charge in [-0.3, -0.25) is 4.79 Å². The first-order valence-corrected chi connectivity index (χ1v) is 6.19. The van der Waals surface area contributed by atoms with Crippen LogP contribution in [0.25, 0.3) is 0 Å². The molecule has 1 aliphatic rings. The highest BCUT2D eigenvalue weighted by Crippen LogP contribution is 2.26. The van der Waals surface area contributed by atoms with Crippen LogP contribution in [0, 0.1) is 5.92 Å². The van der Waals surface area contributed by atoms with Crippen molar-refractivity contribution in [2.75, 3.05) is 7.11 Å². The topological polar surface area (TPSA) is 35.5 Å². The van der Waals surface area contributed by atoms with E-state index in [1.165, 1.54) is 0 Å². The van der Waals surface area contributed by atoms with E-state index in [1.807, 2.05) is 0 Å². The van der Waals surface area contributed by atoms with Crippen molar-refractivity contribution in [1.82, 2.24) is 0 Å². The molecule has 3 heteroatoms. The van der Waals surface area contributed by atoms with Gasteiger partial charge in [-0.1, -0.05) is 13.3 Å². The molecule has 16 heavy (non-hydrogen) atoms. The summed E-state index contributed by atoms with van der Waals surface area (Å²) in [6, 6.07) is 0. The normalized spacial score (nSPS) is 23.2. The van der Waals surface area contributed by atoms with E-state index in [0.717, 1.165) is 25.7 Å². The molecule has 0 saturated carbocycles. The molecule has 1 saturated heterocycles. The predicted molar refractivity (Wildman–Crippen MR) is 63.2 cm³/mol. The fourth-order valence-corrected chi connectivity index (χ4v) is 2.09. The number of carbonyl (C=O) groups excluding carboxylic acids is 1. The summed E-state index contributed by atoms with van der Waals surface area (Å²) < 4.78 is 10.6. The van der Waals surface area contributed by atoms with Crippen molar-refractivity contribution in [3.8, 4) is 0 Å². The van der Waals surface area contributed by atoms with E-state index in [1.54, 1.807) is 7.11 Å². The molecular formula is C13H24O3. The van der Waals surface area contributed by atoms with Crippen LogP contribution in [0.15, 0.2) is 0 Å². The summed E-state index contributed by atoms with van der Waals surface area (Å²) >= 11 is 0. The van der Waals surface area contributed by atoms with Gasteiger partial charge in [0.1, 0.15) is 6.10 Å². The second-order valence-corrected chi connectivity index (χ2v) is 5.40. The van der Waals surface area contributed by atoms with E-state index in [0.29, 0.717) is 12.3 Å². The molecule has 0 aromatic heterocycles. The van der Waals surface area contributed by atoms with Crippen LogP contribution in [-0.2, 0) is 14.3 Å². The zero-order valence-electron chi connectivity index (χ0n) is 10.9. The summed E-state index contributed by atoms with van der Waals surface area (Å²) in [5, 5.41) is 0. The molecule has 1 fully saturated rings. The van der Waals surface area contributed by atoms with Crippen molar-refractivity contribution in [2.45, 2.75) is 64.6 Å². The minimum atomic E-state index is -0.0356. The minimum Gasteiger partial charge on any atom is -0.462 e. The maximum absolute atomic E-state index is 11.0. The highest BCUT2D eigenvalue weighted by atomic mass is 16.5. The lowest BCUT2D eigenvalue weighted by molar-refractivity contribution is -0.143. The Kier molecular flexibility index (Phi) is 4.78. The van der Waals surface area contributed by atoms with Crippen molar-refractivity contribution in [3.05, 3.63) is 0 Å². The lowest BCUT2D eigenvalue weighted by atomic mass is 9.92. The molecule has 3 nitrogen and oxygen atoms in total. The summed E-state index contributed by atoms with van der Waals surface area (Å²) in [6.45, 7) is 6.38. The third kappa shape index (κ3) is 4.12. The minimum absolute atomic E-state index is 0.0333. The van der Waals surface area contributed by atoms with Gasteiger partial charge in [-0.2, -0.15) is 0 Å². The lowest BCUT2D eigenvalue weighted by Crippen LogP contribution is -2.23. The van der Waals surface area contributed by atoms with Gasteiger partial charge in [0, 0.05) is 13.5 Å². The van der Waals surface area contributed by atoms with E-state index in [2.05, 4.69) is 20.8 Å². The monoisotopic (exact) mass is 228 g/mol. The second kappa shape index (κ2) is 5.67. The van der Waals surface area contributed by atoms with E-state index >= 15 is 0 Å². The summed E-state index contributed by atoms with van der Waals surface area (Å²) in [6.07, 6.45) is 4.92. The number of rotatable bonds is 6. The van der Waals surface area contributed by atoms with Crippen LogP contribution in [0.4, 0.5) is 0 Å². The summed E-state index contributed by atoms with van der Waals surface area (Å²) in [4.78, 5) is 11.0. The molecule has 0 spiro atoms. The first-order chi connectivity index (χ1) is 7.44. The maximum Gasteiger partial charge on any atom is 0.306 e. The van der Waals surface area contributed by atoms with Gasteiger partial charge in [0.25, 0.3) is 0 Å². The van der Waals surface area contributed by atoms with E-state index < -0.39 is 0 Å². The molecule has 0 amide bonds. The van der Waals surface area contributed by atoms with Gasteiger partial charge in [0.2, 0.25) is 0 Å². The molecule has 0 aromatic rings. The van der Waals surface area contributed by atoms with Crippen LogP contribution in [0.3, 0.4) is 0 Å².